The van der Waals surface area contributed by atoms with E-state index in [2.05, 4.69) is 46.9 Å². The third-order valence-electron chi connectivity index (χ3n) is 8.53. The number of halogens is 3. The molecule has 0 amide bonds. The molecule has 266 valence electrons. The van der Waals surface area contributed by atoms with Crippen LogP contribution in [0.15, 0.2) is 43.1 Å². The zero-order valence-electron chi connectivity index (χ0n) is 27.5. The van der Waals surface area contributed by atoms with Gasteiger partial charge in [0.2, 0.25) is 5.95 Å². The number of ether oxygens (including phenoxy) is 4. The minimum Gasteiger partial charge on any atom is -0.487 e. The lowest BCUT2D eigenvalue weighted by molar-refractivity contribution is -0.175. The van der Waals surface area contributed by atoms with E-state index in [1.165, 1.54) is 6.33 Å². The molecule has 1 N–H and O–H groups in total. The summed E-state index contributed by atoms with van der Waals surface area (Å²) in [6.07, 6.45) is 5.74. The van der Waals surface area contributed by atoms with Crippen LogP contribution in [0.25, 0.3) is 11.1 Å². The van der Waals surface area contributed by atoms with Crippen molar-refractivity contribution in [1.29, 1.82) is 5.26 Å². The third-order valence-corrected chi connectivity index (χ3v) is 8.53. The molecule has 3 aromatic heterocycles. The van der Waals surface area contributed by atoms with E-state index in [0.717, 1.165) is 57.6 Å². The Morgan fingerprint density at radius 3 is 2.52 bits per heavy atom. The van der Waals surface area contributed by atoms with Crippen molar-refractivity contribution >= 4 is 11.6 Å². The van der Waals surface area contributed by atoms with Crippen molar-refractivity contribution in [2.75, 3.05) is 51.4 Å². The Hall–Kier alpha value is -4.86. The summed E-state index contributed by atoms with van der Waals surface area (Å²) < 4.78 is 63.1. The second-order valence-corrected chi connectivity index (χ2v) is 12.2. The number of nitriles is 1. The van der Waals surface area contributed by atoms with Crippen LogP contribution in [0.5, 0.6) is 11.6 Å². The van der Waals surface area contributed by atoms with E-state index in [4.69, 9.17) is 18.9 Å². The lowest BCUT2D eigenvalue weighted by Gasteiger charge is -2.38. The molecular formula is C32H38F3N11O4. The number of alkyl halides is 3. The summed E-state index contributed by atoms with van der Waals surface area (Å²) in [5.74, 6) is 0.885. The van der Waals surface area contributed by atoms with Gasteiger partial charge >= 0.3 is 6.18 Å². The maximum absolute atomic E-state index is 12.5. The first-order valence-corrected chi connectivity index (χ1v) is 16.4. The molecule has 0 spiro atoms. The van der Waals surface area contributed by atoms with Crippen LogP contribution in [0.2, 0.25) is 0 Å². The lowest BCUT2D eigenvalue weighted by Crippen LogP contribution is -2.45. The summed E-state index contributed by atoms with van der Waals surface area (Å²) in [5.41, 5.74) is 2.28. The first-order valence-electron chi connectivity index (χ1n) is 16.4. The lowest BCUT2D eigenvalue weighted by atomic mass is 9.90. The van der Waals surface area contributed by atoms with Gasteiger partial charge in [-0.2, -0.15) is 18.4 Å². The Labute approximate surface area is 286 Å². The van der Waals surface area contributed by atoms with Crippen molar-refractivity contribution in [3.63, 3.8) is 0 Å². The van der Waals surface area contributed by atoms with Crippen LogP contribution < -0.4 is 14.8 Å². The number of hydrogen-bond donors (Lipinski definition) is 1. The summed E-state index contributed by atoms with van der Waals surface area (Å²) in [4.78, 5) is 11.5. The topological polar surface area (TPSA) is 163 Å². The molecule has 1 aromatic carbocycles. The van der Waals surface area contributed by atoms with Gasteiger partial charge in [-0.3, -0.25) is 9.58 Å². The van der Waals surface area contributed by atoms with Crippen molar-refractivity contribution in [3.05, 3.63) is 48.7 Å². The predicted octanol–water partition coefficient (Wildman–Crippen LogP) is 4.18. The Morgan fingerprint density at radius 1 is 1.06 bits per heavy atom. The van der Waals surface area contributed by atoms with Gasteiger partial charge in [0.05, 0.1) is 44.2 Å². The highest BCUT2D eigenvalue weighted by atomic mass is 19.4. The molecule has 1 saturated carbocycles. The van der Waals surface area contributed by atoms with E-state index in [0.29, 0.717) is 35.2 Å². The molecule has 6 rings (SSSR count). The molecular weight excluding hydrogens is 659 g/mol. The standard InChI is InChI=1S/C32H38F3N11O4/c1-22(18-45-21-39-42-43-45)50-29-14-23(2-3-24(29)15-36)25-16-37-31(38-17-25)40-28-19-46(41-30(28)49-13-12-48-20-32(33,34)35)27-6-4-26(5-7-27)44-8-10-47-11-9-44/h2-3,14,16-17,19,21-22,26-27H,4-13,18,20H2,1H3,(H,37,38,40)/t22-,26-,27-/m0/s1. The number of nitrogens with zero attached hydrogens (tertiary/aromatic N) is 10. The third kappa shape index (κ3) is 9.43. The van der Waals surface area contributed by atoms with Crippen molar-refractivity contribution in [2.45, 2.75) is 63.5 Å². The zero-order chi connectivity index (χ0) is 34.9. The molecule has 4 aromatic rings. The van der Waals surface area contributed by atoms with E-state index in [1.807, 2.05) is 17.8 Å². The van der Waals surface area contributed by atoms with Crippen molar-refractivity contribution in [3.8, 4) is 28.8 Å². The Balaban J connectivity index is 1.13. The van der Waals surface area contributed by atoms with E-state index >= 15 is 0 Å². The molecule has 50 heavy (non-hydrogen) atoms. The van der Waals surface area contributed by atoms with Crippen molar-refractivity contribution in [2.24, 2.45) is 0 Å². The number of nitrogens with one attached hydrogen (secondary N) is 1. The zero-order valence-corrected chi connectivity index (χ0v) is 27.5. The molecule has 0 unspecified atom stereocenters. The van der Waals surface area contributed by atoms with E-state index in [9.17, 15) is 18.4 Å². The number of morpholine rings is 1. The summed E-state index contributed by atoms with van der Waals surface area (Å²) >= 11 is 0. The molecule has 1 aliphatic carbocycles. The SMILES string of the molecule is C[C@@H](Cn1cnnn1)Oc1cc(-c2cnc(Nc3cn([C@H]4CC[C@H](N5CCOCC5)CC4)nc3OCCOCC(F)(F)F)nc2)ccc1C#N. The van der Waals surface area contributed by atoms with Gasteiger partial charge in [0.1, 0.15) is 43.2 Å². The Bertz CT molecular complexity index is 1700. The monoisotopic (exact) mass is 697 g/mol. The number of benzene rings is 1. The van der Waals surface area contributed by atoms with E-state index in [1.54, 1.807) is 35.3 Å². The normalized spacial score (nSPS) is 19.1. The summed E-state index contributed by atoms with van der Waals surface area (Å²) in [5, 5.41) is 28.6. The van der Waals surface area contributed by atoms with Crippen molar-refractivity contribution in [1.82, 2.24) is 44.9 Å². The largest absolute Gasteiger partial charge is 0.487 e. The smallest absolute Gasteiger partial charge is 0.411 e. The van der Waals surface area contributed by atoms with Gasteiger partial charge in [0, 0.05) is 37.1 Å². The second-order valence-electron chi connectivity index (χ2n) is 12.2. The molecule has 15 nitrogen and oxygen atoms in total. The minimum absolute atomic E-state index is 0.122. The first kappa shape index (κ1) is 35.0. The quantitative estimate of drug-likeness (QED) is 0.187. The van der Waals surface area contributed by atoms with Gasteiger partial charge < -0.3 is 24.3 Å². The average Bonchev–Trinajstić information content (AvgIpc) is 3.78. The minimum atomic E-state index is -4.42. The summed E-state index contributed by atoms with van der Waals surface area (Å²) in [6.45, 7) is 3.93. The fourth-order valence-corrected chi connectivity index (χ4v) is 6.11. The van der Waals surface area contributed by atoms with Crippen LogP contribution in [0, 0.1) is 11.3 Å². The van der Waals surface area contributed by atoms with Crippen LogP contribution in [0.1, 0.15) is 44.2 Å². The molecule has 1 atom stereocenters. The molecule has 1 saturated heterocycles. The number of aromatic nitrogens is 8. The number of rotatable bonds is 14. The Morgan fingerprint density at radius 2 is 1.82 bits per heavy atom. The van der Waals surface area contributed by atoms with Crippen LogP contribution in [-0.2, 0) is 16.0 Å². The van der Waals surface area contributed by atoms with E-state index < -0.39 is 12.8 Å². The molecule has 0 radical (unpaired) electrons. The van der Waals surface area contributed by atoms with Crippen LogP contribution >= 0.6 is 0 Å². The molecule has 2 aliphatic rings. The van der Waals surface area contributed by atoms with Gasteiger partial charge in [-0.05, 0) is 60.7 Å². The van der Waals surface area contributed by atoms with Crippen molar-refractivity contribution < 1.29 is 32.1 Å². The van der Waals surface area contributed by atoms with E-state index in [-0.39, 0.29) is 37.2 Å². The highest BCUT2D eigenvalue weighted by Crippen LogP contribution is 2.35. The maximum Gasteiger partial charge on any atom is 0.411 e. The highest BCUT2D eigenvalue weighted by molar-refractivity contribution is 5.67. The first-order chi connectivity index (χ1) is 24.2. The molecule has 18 heteroatoms. The maximum atomic E-state index is 12.5. The van der Waals surface area contributed by atoms with Gasteiger partial charge in [0.15, 0.2) is 0 Å². The van der Waals surface area contributed by atoms with Gasteiger partial charge in [-0.25, -0.2) is 14.6 Å². The average molecular weight is 698 g/mol. The molecule has 2 fully saturated rings. The second kappa shape index (κ2) is 16.2. The highest BCUT2D eigenvalue weighted by Gasteiger charge is 2.30. The van der Waals surface area contributed by atoms with Crippen LogP contribution in [0.4, 0.5) is 24.8 Å². The van der Waals surface area contributed by atoms with Gasteiger partial charge in [-0.1, -0.05) is 6.07 Å². The fraction of sp³-hybridized carbons (Fsp3) is 0.531. The van der Waals surface area contributed by atoms with Crippen LogP contribution in [0.3, 0.4) is 0 Å². The fourth-order valence-electron chi connectivity index (χ4n) is 6.11. The molecule has 1 aliphatic heterocycles. The predicted molar refractivity (Wildman–Crippen MR) is 172 cm³/mol. The molecule has 0 bridgehead atoms. The number of hydrogen-bond acceptors (Lipinski definition) is 13. The summed E-state index contributed by atoms with van der Waals surface area (Å²) in [6, 6.07) is 8.01. The van der Waals surface area contributed by atoms with Crippen LogP contribution in [-0.4, -0.2) is 109 Å². The molecule has 4 heterocycles. The van der Waals surface area contributed by atoms with Gasteiger partial charge in [0.25, 0.3) is 5.88 Å². The number of tetrazole rings is 1. The van der Waals surface area contributed by atoms with Gasteiger partial charge in [-0.15, -0.1) is 10.2 Å². The number of anilines is 2. The summed E-state index contributed by atoms with van der Waals surface area (Å²) in [7, 11) is 0. The Kier molecular flexibility index (Phi) is 11.4.